The molecule has 2 aliphatic heterocycles. The van der Waals surface area contributed by atoms with Gasteiger partial charge in [0.25, 0.3) is 0 Å². The molecule has 152 valence electrons. The molecule has 2 aliphatic rings. The van der Waals surface area contributed by atoms with E-state index in [0.29, 0.717) is 6.61 Å². The van der Waals surface area contributed by atoms with Gasteiger partial charge in [0.2, 0.25) is 6.23 Å². The Morgan fingerprint density at radius 2 is 1.87 bits per heavy atom. The van der Waals surface area contributed by atoms with Crippen molar-refractivity contribution in [1.82, 2.24) is 9.99 Å². The highest BCUT2D eigenvalue weighted by Gasteiger charge is 2.42. The molecule has 0 fully saturated rings. The second kappa shape index (κ2) is 7.71. The Kier molecular flexibility index (Phi) is 4.75. The fourth-order valence-corrected chi connectivity index (χ4v) is 4.06. The number of benzene rings is 2. The molecule has 0 bridgehead atoms. The quantitative estimate of drug-likeness (QED) is 0.619. The summed E-state index contributed by atoms with van der Waals surface area (Å²) in [6.45, 7) is 2.57. The number of fused-ring (bicyclic) bond motifs is 3. The molecule has 2 aromatic carbocycles. The van der Waals surface area contributed by atoms with Gasteiger partial charge >= 0.3 is 0 Å². The predicted octanol–water partition coefficient (Wildman–Crippen LogP) is 4.73. The second-order valence-corrected chi connectivity index (χ2v) is 7.23. The predicted molar refractivity (Wildman–Crippen MR) is 114 cm³/mol. The van der Waals surface area contributed by atoms with E-state index in [1.807, 2.05) is 43.3 Å². The third-order valence-corrected chi connectivity index (χ3v) is 5.49. The minimum atomic E-state index is -0.345. The Balaban J connectivity index is 1.58. The number of nitrogens with zero attached hydrogens (tertiary/aromatic N) is 3. The molecule has 0 radical (unpaired) electrons. The van der Waals surface area contributed by atoms with Gasteiger partial charge in [-0.15, -0.1) is 0 Å². The summed E-state index contributed by atoms with van der Waals surface area (Å²) < 4.78 is 17.6. The summed E-state index contributed by atoms with van der Waals surface area (Å²) in [4.78, 5) is 4.15. The maximum Gasteiger partial charge on any atom is 0.214 e. The van der Waals surface area contributed by atoms with Crippen molar-refractivity contribution < 1.29 is 14.2 Å². The van der Waals surface area contributed by atoms with Gasteiger partial charge in [0.05, 0.1) is 25.5 Å². The number of pyridine rings is 1. The van der Waals surface area contributed by atoms with Crippen LogP contribution in [0.1, 0.15) is 42.3 Å². The van der Waals surface area contributed by atoms with Crippen LogP contribution in [0.3, 0.4) is 0 Å². The topological polar surface area (TPSA) is 56.2 Å². The highest BCUT2D eigenvalue weighted by atomic mass is 16.5. The molecule has 1 aromatic heterocycles. The monoisotopic (exact) mass is 401 g/mol. The molecule has 3 aromatic rings. The molecule has 5 rings (SSSR count). The number of ether oxygens (including phenoxy) is 3. The summed E-state index contributed by atoms with van der Waals surface area (Å²) in [6.07, 6.45) is 4.01. The van der Waals surface area contributed by atoms with Gasteiger partial charge in [-0.05, 0) is 55.0 Å². The zero-order valence-electron chi connectivity index (χ0n) is 17.0. The van der Waals surface area contributed by atoms with Gasteiger partial charge in [-0.3, -0.25) is 4.98 Å². The summed E-state index contributed by atoms with van der Waals surface area (Å²) in [6, 6.07) is 18.1. The minimum Gasteiger partial charge on any atom is -0.497 e. The fourth-order valence-electron chi connectivity index (χ4n) is 4.06. The van der Waals surface area contributed by atoms with Crippen molar-refractivity contribution in [2.75, 3.05) is 13.7 Å². The van der Waals surface area contributed by atoms with Crippen LogP contribution < -0.4 is 14.2 Å². The molecule has 6 heteroatoms. The lowest BCUT2D eigenvalue weighted by atomic mass is 9.95. The third kappa shape index (κ3) is 3.14. The van der Waals surface area contributed by atoms with E-state index in [0.717, 1.165) is 46.1 Å². The van der Waals surface area contributed by atoms with Gasteiger partial charge in [0, 0.05) is 29.9 Å². The Labute approximate surface area is 175 Å². The lowest BCUT2D eigenvalue weighted by Gasteiger charge is -2.38. The zero-order chi connectivity index (χ0) is 20.5. The van der Waals surface area contributed by atoms with E-state index >= 15 is 0 Å². The van der Waals surface area contributed by atoms with E-state index in [1.165, 1.54) is 0 Å². The molecule has 0 spiro atoms. The molecule has 0 amide bonds. The van der Waals surface area contributed by atoms with Crippen LogP contribution in [-0.4, -0.2) is 29.4 Å². The van der Waals surface area contributed by atoms with Gasteiger partial charge in [-0.1, -0.05) is 12.1 Å². The lowest BCUT2D eigenvalue weighted by Crippen LogP contribution is -2.33. The molecule has 2 atom stereocenters. The van der Waals surface area contributed by atoms with Crippen molar-refractivity contribution >= 4 is 5.71 Å². The van der Waals surface area contributed by atoms with Gasteiger partial charge in [0.1, 0.15) is 5.75 Å². The number of hydrogen-bond donors (Lipinski definition) is 0. The van der Waals surface area contributed by atoms with Crippen LogP contribution in [0.25, 0.3) is 0 Å². The second-order valence-electron chi connectivity index (χ2n) is 7.23. The largest absolute Gasteiger partial charge is 0.497 e. The van der Waals surface area contributed by atoms with E-state index in [-0.39, 0.29) is 12.3 Å². The fraction of sp³-hybridized carbons (Fsp3) is 0.250. The van der Waals surface area contributed by atoms with Crippen LogP contribution in [0.5, 0.6) is 17.2 Å². The Morgan fingerprint density at radius 3 is 2.60 bits per heavy atom. The number of rotatable bonds is 5. The average Bonchev–Trinajstić information content (AvgIpc) is 3.25. The summed E-state index contributed by atoms with van der Waals surface area (Å²) in [5, 5.41) is 7.05. The summed E-state index contributed by atoms with van der Waals surface area (Å²) in [5.41, 5.74) is 4.21. The Bertz CT molecular complexity index is 1070. The number of aromatic nitrogens is 1. The molecule has 0 unspecified atom stereocenters. The van der Waals surface area contributed by atoms with Gasteiger partial charge in [-0.2, -0.15) is 5.10 Å². The molecule has 0 saturated heterocycles. The molecule has 30 heavy (non-hydrogen) atoms. The van der Waals surface area contributed by atoms with Crippen molar-refractivity contribution in [2.45, 2.75) is 25.6 Å². The minimum absolute atomic E-state index is 0.0735. The van der Waals surface area contributed by atoms with Crippen molar-refractivity contribution in [2.24, 2.45) is 5.10 Å². The smallest absolute Gasteiger partial charge is 0.214 e. The van der Waals surface area contributed by atoms with E-state index < -0.39 is 0 Å². The van der Waals surface area contributed by atoms with Crippen LogP contribution >= 0.6 is 0 Å². The Hall–Kier alpha value is -3.54. The van der Waals surface area contributed by atoms with E-state index in [4.69, 9.17) is 19.3 Å². The zero-order valence-corrected chi connectivity index (χ0v) is 17.0. The van der Waals surface area contributed by atoms with Crippen molar-refractivity contribution in [3.63, 3.8) is 0 Å². The maximum atomic E-state index is 6.48. The van der Waals surface area contributed by atoms with Gasteiger partial charge < -0.3 is 14.2 Å². The highest BCUT2D eigenvalue weighted by molar-refractivity contribution is 6.02. The summed E-state index contributed by atoms with van der Waals surface area (Å²) in [7, 11) is 1.67. The Morgan fingerprint density at radius 1 is 1.07 bits per heavy atom. The van der Waals surface area contributed by atoms with Crippen LogP contribution in [0, 0.1) is 0 Å². The standard InChI is InChI=1S/C24H23N3O3/c1-3-29-22-6-4-5-19-21-15-20(16-7-9-18(28-2)10-8-16)26-27(21)24(30-23(19)22)17-11-13-25-14-12-17/h4-14,21,24H,3,15H2,1-2H3/t21-,24-/m1/s1. The van der Waals surface area contributed by atoms with Crippen molar-refractivity contribution in [1.29, 1.82) is 0 Å². The number of hydrogen-bond acceptors (Lipinski definition) is 6. The number of para-hydroxylation sites is 1. The van der Waals surface area contributed by atoms with Crippen LogP contribution in [0.2, 0.25) is 0 Å². The summed E-state index contributed by atoms with van der Waals surface area (Å²) in [5.74, 6) is 2.40. The SMILES string of the molecule is CCOc1cccc2c1O[C@H](c1ccncc1)N1N=C(c3ccc(OC)cc3)C[C@H]21. The third-order valence-electron chi connectivity index (χ3n) is 5.49. The molecule has 0 N–H and O–H groups in total. The number of methoxy groups -OCH3 is 1. The van der Waals surface area contributed by atoms with Gasteiger partial charge in [0.15, 0.2) is 11.5 Å². The van der Waals surface area contributed by atoms with E-state index in [2.05, 4.69) is 28.2 Å². The van der Waals surface area contributed by atoms with Crippen molar-refractivity contribution in [3.05, 3.63) is 83.7 Å². The van der Waals surface area contributed by atoms with E-state index in [9.17, 15) is 0 Å². The van der Waals surface area contributed by atoms with E-state index in [1.54, 1.807) is 19.5 Å². The number of hydrazone groups is 1. The van der Waals surface area contributed by atoms with Crippen LogP contribution in [0.4, 0.5) is 0 Å². The normalized spacial score (nSPS) is 19.4. The first kappa shape index (κ1) is 18.5. The molecule has 0 saturated carbocycles. The molecular weight excluding hydrogens is 378 g/mol. The first-order valence-electron chi connectivity index (χ1n) is 10.1. The van der Waals surface area contributed by atoms with Gasteiger partial charge in [-0.25, -0.2) is 5.01 Å². The lowest BCUT2D eigenvalue weighted by molar-refractivity contribution is -0.0212. The summed E-state index contributed by atoms with van der Waals surface area (Å²) >= 11 is 0. The van der Waals surface area contributed by atoms with Crippen LogP contribution in [-0.2, 0) is 0 Å². The maximum absolute atomic E-state index is 6.48. The molecular formula is C24H23N3O3. The molecule has 6 nitrogen and oxygen atoms in total. The first-order chi connectivity index (χ1) is 14.8. The molecule has 3 heterocycles. The first-order valence-corrected chi connectivity index (χ1v) is 10.1. The van der Waals surface area contributed by atoms with Crippen LogP contribution in [0.15, 0.2) is 72.1 Å². The molecule has 0 aliphatic carbocycles. The highest BCUT2D eigenvalue weighted by Crippen LogP contribution is 2.50. The average molecular weight is 401 g/mol. The van der Waals surface area contributed by atoms with Crippen molar-refractivity contribution in [3.8, 4) is 17.2 Å².